The van der Waals surface area contributed by atoms with Gasteiger partial charge in [0.05, 0.1) is 10.6 Å². The van der Waals surface area contributed by atoms with Gasteiger partial charge in [0.1, 0.15) is 5.82 Å². The van der Waals surface area contributed by atoms with Crippen molar-refractivity contribution >= 4 is 17.3 Å². The largest absolute Gasteiger partial charge is 0.308 e. The van der Waals surface area contributed by atoms with E-state index in [-0.39, 0.29) is 11.6 Å². The maximum Gasteiger partial charge on any atom is 0.271 e. The summed E-state index contributed by atoms with van der Waals surface area (Å²) in [6.45, 7) is 0.490. The van der Waals surface area contributed by atoms with Crippen molar-refractivity contribution in [3.8, 4) is 0 Å². The molecule has 0 fully saturated rings. The lowest BCUT2D eigenvalue weighted by atomic mass is 10.00. The van der Waals surface area contributed by atoms with Crippen LogP contribution in [0.15, 0.2) is 42.5 Å². The quantitative estimate of drug-likeness (QED) is 0.631. The second-order valence-electron chi connectivity index (χ2n) is 5.14. The maximum absolute atomic E-state index is 13.0. The van der Waals surface area contributed by atoms with Gasteiger partial charge in [-0.2, -0.15) is 0 Å². The van der Waals surface area contributed by atoms with Gasteiger partial charge in [0, 0.05) is 24.2 Å². The number of hydrogen-bond donors (Lipinski definition) is 0. The van der Waals surface area contributed by atoms with Crippen molar-refractivity contribution in [2.75, 3.05) is 11.4 Å². The zero-order valence-electron chi connectivity index (χ0n) is 11.7. The van der Waals surface area contributed by atoms with E-state index in [1.165, 1.54) is 41.3 Å². The van der Waals surface area contributed by atoms with Gasteiger partial charge in [0.2, 0.25) is 0 Å². The number of fused-ring (bicyclic) bond motifs is 1. The second kappa shape index (κ2) is 5.55. The molecule has 0 aromatic heterocycles. The molecule has 1 amide bonds. The fraction of sp³-hybridized carbons (Fsp3) is 0.188. The van der Waals surface area contributed by atoms with Crippen LogP contribution in [0, 0.1) is 15.9 Å². The zero-order chi connectivity index (χ0) is 15.7. The molecule has 2 aromatic carbocycles. The summed E-state index contributed by atoms with van der Waals surface area (Å²) in [6, 6.07) is 9.86. The van der Waals surface area contributed by atoms with Gasteiger partial charge in [-0.05, 0) is 42.7 Å². The van der Waals surface area contributed by atoms with Crippen LogP contribution in [0.5, 0.6) is 0 Å². The van der Waals surface area contributed by atoms with Crippen LogP contribution in [-0.4, -0.2) is 17.4 Å². The Balaban J connectivity index is 1.99. The van der Waals surface area contributed by atoms with Crippen LogP contribution < -0.4 is 4.90 Å². The Labute approximate surface area is 126 Å². The number of halogens is 1. The monoisotopic (exact) mass is 300 g/mol. The van der Waals surface area contributed by atoms with E-state index in [0.717, 1.165) is 18.4 Å². The number of non-ortho nitro benzene ring substituents is 1. The molecule has 0 N–H and O–H groups in total. The summed E-state index contributed by atoms with van der Waals surface area (Å²) in [5, 5.41) is 10.9. The third-order valence-corrected chi connectivity index (χ3v) is 3.73. The Bertz CT molecular complexity index is 744. The average Bonchev–Trinajstić information content (AvgIpc) is 2.53. The van der Waals surface area contributed by atoms with Crippen molar-refractivity contribution in [1.29, 1.82) is 0 Å². The topological polar surface area (TPSA) is 63.5 Å². The molecule has 2 aromatic rings. The highest BCUT2D eigenvalue weighted by Crippen LogP contribution is 2.31. The van der Waals surface area contributed by atoms with Gasteiger partial charge in [0.15, 0.2) is 0 Å². The maximum atomic E-state index is 13.0. The van der Waals surface area contributed by atoms with Crippen molar-refractivity contribution in [3.63, 3.8) is 0 Å². The first-order valence-corrected chi connectivity index (χ1v) is 6.91. The molecule has 1 aliphatic rings. The Hall–Kier alpha value is -2.76. The average molecular weight is 300 g/mol. The van der Waals surface area contributed by atoms with Crippen LogP contribution in [0.3, 0.4) is 0 Å². The molecular formula is C16H13FN2O3. The molecule has 0 radical (unpaired) electrons. The van der Waals surface area contributed by atoms with E-state index in [0.29, 0.717) is 17.8 Å². The molecule has 6 heteroatoms. The van der Waals surface area contributed by atoms with Crippen LogP contribution in [0.1, 0.15) is 22.3 Å². The number of hydrogen-bond acceptors (Lipinski definition) is 3. The molecule has 1 heterocycles. The molecule has 0 saturated heterocycles. The molecule has 22 heavy (non-hydrogen) atoms. The third kappa shape index (κ3) is 2.55. The van der Waals surface area contributed by atoms with Crippen molar-refractivity contribution in [2.24, 2.45) is 0 Å². The number of nitro benzene ring substituents is 1. The third-order valence-electron chi connectivity index (χ3n) is 3.73. The Morgan fingerprint density at radius 3 is 2.59 bits per heavy atom. The SMILES string of the molecule is O=C(c1ccc(F)cc1)N1CCCc2ccc([N+](=O)[O-])cc21. The summed E-state index contributed by atoms with van der Waals surface area (Å²) >= 11 is 0. The van der Waals surface area contributed by atoms with Gasteiger partial charge >= 0.3 is 0 Å². The van der Waals surface area contributed by atoms with E-state index in [1.807, 2.05) is 0 Å². The van der Waals surface area contributed by atoms with Crippen molar-refractivity contribution in [2.45, 2.75) is 12.8 Å². The van der Waals surface area contributed by atoms with Crippen LogP contribution in [0.4, 0.5) is 15.8 Å². The van der Waals surface area contributed by atoms with Crippen molar-refractivity contribution < 1.29 is 14.1 Å². The lowest BCUT2D eigenvalue weighted by molar-refractivity contribution is -0.384. The normalized spacial score (nSPS) is 13.6. The summed E-state index contributed by atoms with van der Waals surface area (Å²) in [5.41, 5.74) is 1.79. The molecular weight excluding hydrogens is 287 g/mol. The number of rotatable bonds is 2. The van der Waals surface area contributed by atoms with E-state index in [2.05, 4.69) is 0 Å². The number of benzene rings is 2. The van der Waals surface area contributed by atoms with E-state index >= 15 is 0 Å². The highest BCUT2D eigenvalue weighted by molar-refractivity contribution is 6.06. The number of aryl methyl sites for hydroxylation is 1. The second-order valence-corrected chi connectivity index (χ2v) is 5.14. The fourth-order valence-electron chi connectivity index (χ4n) is 2.64. The van der Waals surface area contributed by atoms with E-state index in [9.17, 15) is 19.3 Å². The molecule has 5 nitrogen and oxygen atoms in total. The lowest BCUT2D eigenvalue weighted by Crippen LogP contribution is -2.35. The van der Waals surface area contributed by atoms with Gasteiger partial charge < -0.3 is 4.90 Å². The first-order chi connectivity index (χ1) is 10.6. The molecule has 0 atom stereocenters. The predicted molar refractivity (Wildman–Crippen MR) is 79.5 cm³/mol. The highest BCUT2D eigenvalue weighted by Gasteiger charge is 2.25. The minimum atomic E-state index is -0.477. The van der Waals surface area contributed by atoms with Crippen LogP contribution >= 0.6 is 0 Å². The van der Waals surface area contributed by atoms with E-state index in [4.69, 9.17) is 0 Å². The van der Waals surface area contributed by atoms with Crippen LogP contribution in [0.2, 0.25) is 0 Å². The van der Waals surface area contributed by atoms with Crippen LogP contribution in [-0.2, 0) is 6.42 Å². The number of nitrogens with zero attached hydrogens (tertiary/aromatic N) is 2. The van der Waals surface area contributed by atoms with Crippen molar-refractivity contribution in [1.82, 2.24) is 0 Å². The Morgan fingerprint density at radius 1 is 1.18 bits per heavy atom. The summed E-state index contributed by atoms with van der Waals surface area (Å²) in [5.74, 6) is -0.687. The number of carbonyl (C=O) groups excluding carboxylic acids is 1. The summed E-state index contributed by atoms with van der Waals surface area (Å²) in [7, 11) is 0. The molecule has 0 saturated carbocycles. The first-order valence-electron chi connectivity index (χ1n) is 6.91. The number of amides is 1. The molecule has 0 bridgehead atoms. The van der Waals surface area contributed by atoms with E-state index < -0.39 is 10.7 Å². The lowest BCUT2D eigenvalue weighted by Gasteiger charge is -2.29. The van der Waals surface area contributed by atoms with Gasteiger partial charge in [-0.25, -0.2) is 4.39 Å². The van der Waals surface area contributed by atoms with Crippen LogP contribution in [0.25, 0.3) is 0 Å². The molecule has 3 rings (SSSR count). The van der Waals surface area contributed by atoms with Gasteiger partial charge in [-0.15, -0.1) is 0 Å². The Morgan fingerprint density at radius 2 is 1.91 bits per heavy atom. The standard InChI is InChI=1S/C16H13FN2O3/c17-13-6-3-12(4-7-13)16(20)18-9-1-2-11-5-8-14(19(21)22)10-15(11)18/h3-8,10H,1-2,9H2. The number of nitro groups is 1. The molecule has 1 aliphatic heterocycles. The van der Waals surface area contributed by atoms with Gasteiger partial charge in [-0.3, -0.25) is 14.9 Å². The minimum Gasteiger partial charge on any atom is -0.308 e. The number of anilines is 1. The molecule has 112 valence electrons. The van der Waals surface area contributed by atoms with E-state index in [1.54, 1.807) is 6.07 Å². The molecule has 0 unspecified atom stereocenters. The molecule has 0 spiro atoms. The zero-order valence-corrected chi connectivity index (χ0v) is 11.7. The molecule has 0 aliphatic carbocycles. The van der Waals surface area contributed by atoms with Gasteiger partial charge in [0.25, 0.3) is 11.6 Å². The summed E-state index contributed by atoms with van der Waals surface area (Å²) in [6.07, 6.45) is 1.57. The fourth-order valence-corrected chi connectivity index (χ4v) is 2.64. The Kier molecular flexibility index (Phi) is 3.58. The number of carbonyl (C=O) groups is 1. The first kappa shape index (κ1) is 14.2. The summed E-state index contributed by atoms with van der Waals surface area (Å²) in [4.78, 5) is 24.6. The van der Waals surface area contributed by atoms with Gasteiger partial charge in [-0.1, -0.05) is 6.07 Å². The predicted octanol–water partition coefficient (Wildman–Crippen LogP) is 3.33. The summed E-state index contributed by atoms with van der Waals surface area (Å²) < 4.78 is 13.0. The highest BCUT2D eigenvalue weighted by atomic mass is 19.1. The van der Waals surface area contributed by atoms with Crippen molar-refractivity contribution in [3.05, 3.63) is 69.5 Å². The smallest absolute Gasteiger partial charge is 0.271 e. The minimum absolute atomic E-state index is 0.0439.